The molecule has 36 heavy (non-hydrogen) atoms. The van der Waals surface area contributed by atoms with Crippen molar-refractivity contribution in [3.8, 4) is 17.2 Å². The van der Waals surface area contributed by atoms with Gasteiger partial charge in [0, 0.05) is 17.0 Å². The van der Waals surface area contributed by atoms with Crippen molar-refractivity contribution in [1.29, 1.82) is 0 Å². The maximum atomic E-state index is 11.8. The molecule has 0 aliphatic carbocycles. The standard InChI is InChI=1S/C31H39N3O2/c1-9-36-23-15-16-25-26(19-23)33-32(25)34(33)27-18-22(30(5,6)20-29(2,3)4)17-24(28(27)35)31(7,8)21-13-11-10-12-14-21/h10-19,35H,9,20H2,1-8H3. The summed E-state index contributed by atoms with van der Waals surface area (Å²) < 4.78 is 9.90. The van der Waals surface area contributed by atoms with Gasteiger partial charge < -0.3 is 9.84 Å². The third kappa shape index (κ3) is 3.95. The zero-order valence-electron chi connectivity index (χ0n) is 22.9. The van der Waals surface area contributed by atoms with Crippen molar-refractivity contribution in [2.24, 2.45) is 5.41 Å². The highest BCUT2D eigenvalue weighted by atomic mass is 16.5. The maximum absolute atomic E-state index is 11.8. The molecule has 0 bridgehead atoms. The first-order valence-corrected chi connectivity index (χ1v) is 13.0. The summed E-state index contributed by atoms with van der Waals surface area (Å²) >= 11 is 0. The molecule has 0 unspecified atom stereocenters. The van der Waals surface area contributed by atoms with Crippen LogP contribution in [0, 0.1) is 5.41 Å². The molecule has 5 rings (SSSR count). The van der Waals surface area contributed by atoms with Gasteiger partial charge in [-0.15, -0.1) is 14.1 Å². The number of benzene rings is 3. The van der Waals surface area contributed by atoms with Gasteiger partial charge in [0.2, 0.25) is 0 Å². The molecule has 5 aromatic rings. The van der Waals surface area contributed by atoms with E-state index in [2.05, 4.69) is 111 Å². The van der Waals surface area contributed by atoms with Gasteiger partial charge in [0.05, 0.1) is 6.61 Å². The molecule has 0 saturated heterocycles. The molecule has 0 fully saturated rings. The normalized spacial score (nSPS) is 13.3. The molecular formula is C31H39N3O2. The zero-order chi connectivity index (χ0) is 26.0. The minimum atomic E-state index is -0.372. The van der Waals surface area contributed by atoms with Crippen LogP contribution in [0.3, 0.4) is 0 Å². The van der Waals surface area contributed by atoms with E-state index in [9.17, 15) is 5.11 Å². The number of nitrogens with zero attached hydrogens (tertiary/aromatic N) is 3. The summed E-state index contributed by atoms with van der Waals surface area (Å²) in [5.41, 5.74) is 6.09. The summed E-state index contributed by atoms with van der Waals surface area (Å²) in [5, 5.41) is 11.8. The topological polar surface area (TPSA) is 43.2 Å². The van der Waals surface area contributed by atoms with Gasteiger partial charge in [0.15, 0.2) is 0 Å². The first-order chi connectivity index (χ1) is 16.8. The predicted molar refractivity (Wildman–Crippen MR) is 147 cm³/mol. The van der Waals surface area contributed by atoms with E-state index in [0.29, 0.717) is 12.4 Å². The lowest BCUT2D eigenvalue weighted by Gasteiger charge is -2.35. The second-order valence-electron chi connectivity index (χ2n) is 12.5. The molecule has 5 heteroatoms. The van der Waals surface area contributed by atoms with Gasteiger partial charge in [0.1, 0.15) is 28.2 Å². The van der Waals surface area contributed by atoms with Crippen molar-refractivity contribution in [2.45, 2.75) is 72.6 Å². The molecule has 0 radical (unpaired) electrons. The Balaban J connectivity index is 1.71. The number of hydrogen-bond donors (Lipinski definition) is 1. The molecule has 5 nitrogen and oxygen atoms in total. The molecular weight excluding hydrogens is 446 g/mol. The van der Waals surface area contributed by atoms with Crippen LogP contribution >= 0.6 is 0 Å². The summed E-state index contributed by atoms with van der Waals surface area (Å²) in [6.07, 6.45) is 1.03. The highest BCUT2D eigenvalue weighted by Gasteiger charge is 2.35. The zero-order valence-corrected chi connectivity index (χ0v) is 22.9. The summed E-state index contributed by atoms with van der Waals surface area (Å²) in [5.74, 6) is 1.18. The van der Waals surface area contributed by atoms with E-state index in [1.54, 1.807) is 0 Å². The minimum absolute atomic E-state index is 0.0725. The Hall–Kier alpha value is -3.34. The average molecular weight is 486 g/mol. The third-order valence-corrected chi connectivity index (χ3v) is 7.42. The smallest absolute Gasteiger partial charge is 0.147 e. The molecule has 0 amide bonds. The Morgan fingerprint density at radius 3 is 2.08 bits per heavy atom. The number of fused-ring (bicyclic) bond motifs is 4. The van der Waals surface area contributed by atoms with Gasteiger partial charge in [-0.05, 0) is 53.5 Å². The lowest BCUT2D eigenvalue weighted by molar-refractivity contribution is 0.283. The fourth-order valence-electron chi connectivity index (χ4n) is 5.86. The molecule has 0 aliphatic heterocycles. The molecule has 190 valence electrons. The van der Waals surface area contributed by atoms with Crippen molar-refractivity contribution in [3.05, 3.63) is 77.4 Å². The number of ether oxygens (including phenoxy) is 1. The quantitative estimate of drug-likeness (QED) is 0.258. The number of hydrogen-bond acceptors (Lipinski definition) is 2. The highest BCUT2D eigenvalue weighted by Crippen LogP contribution is 2.46. The fraction of sp³-hybridized carbons (Fsp3) is 0.419. The van der Waals surface area contributed by atoms with Gasteiger partial charge in [0.25, 0.3) is 0 Å². The lowest BCUT2D eigenvalue weighted by atomic mass is 9.70. The third-order valence-electron chi connectivity index (χ3n) is 7.42. The Morgan fingerprint density at radius 2 is 1.44 bits per heavy atom. The Bertz CT molecular complexity index is 1510. The number of aromatic nitrogens is 3. The molecule has 0 aliphatic rings. The number of phenolic OH excluding ortho intramolecular Hbond substituents is 1. The largest absolute Gasteiger partial charge is 0.505 e. The van der Waals surface area contributed by atoms with E-state index in [4.69, 9.17) is 4.74 Å². The van der Waals surface area contributed by atoms with Crippen molar-refractivity contribution in [2.75, 3.05) is 6.61 Å². The molecule has 2 heterocycles. The van der Waals surface area contributed by atoms with E-state index in [0.717, 1.165) is 34.5 Å². The highest BCUT2D eigenvalue weighted by molar-refractivity contribution is 5.81. The SMILES string of the molecule is CCOc1ccc2c(c1)n1n(-c3cc(C(C)(C)CC(C)(C)C)cc(C(C)(C)c4ccccc4)c3O)n21. The Kier molecular flexibility index (Phi) is 5.47. The Morgan fingerprint density at radius 1 is 0.778 bits per heavy atom. The summed E-state index contributed by atoms with van der Waals surface area (Å²) in [6.45, 7) is 18.5. The minimum Gasteiger partial charge on any atom is -0.505 e. The predicted octanol–water partition coefficient (Wildman–Crippen LogP) is 7.56. The van der Waals surface area contributed by atoms with Gasteiger partial charge in [-0.2, -0.15) is 0 Å². The Labute approximate surface area is 214 Å². The maximum Gasteiger partial charge on any atom is 0.147 e. The van der Waals surface area contributed by atoms with Crippen LogP contribution in [0.2, 0.25) is 0 Å². The molecule has 3 aromatic carbocycles. The monoisotopic (exact) mass is 485 g/mol. The van der Waals surface area contributed by atoms with E-state index in [1.165, 1.54) is 11.1 Å². The van der Waals surface area contributed by atoms with Gasteiger partial charge in [-0.25, -0.2) is 0 Å². The van der Waals surface area contributed by atoms with Crippen LogP contribution in [0.5, 0.6) is 11.5 Å². The number of phenols is 1. The van der Waals surface area contributed by atoms with Gasteiger partial charge in [-0.3, -0.25) is 0 Å². The number of rotatable bonds is 7. The van der Waals surface area contributed by atoms with Crippen LogP contribution in [0.1, 0.15) is 78.5 Å². The van der Waals surface area contributed by atoms with Crippen molar-refractivity contribution >= 4 is 11.0 Å². The second-order valence-corrected chi connectivity index (χ2v) is 12.5. The van der Waals surface area contributed by atoms with Crippen LogP contribution in [0.25, 0.3) is 16.7 Å². The first-order valence-electron chi connectivity index (χ1n) is 13.0. The van der Waals surface area contributed by atoms with Crippen molar-refractivity contribution in [1.82, 2.24) is 14.1 Å². The lowest BCUT2D eigenvalue weighted by Crippen LogP contribution is -2.27. The molecule has 0 atom stereocenters. The first kappa shape index (κ1) is 24.4. The van der Waals surface area contributed by atoms with Crippen LogP contribution in [0.4, 0.5) is 0 Å². The molecule has 2 aromatic heterocycles. The molecule has 1 N–H and O–H groups in total. The van der Waals surface area contributed by atoms with Crippen LogP contribution < -0.4 is 4.74 Å². The number of aromatic hydroxyl groups is 1. The van der Waals surface area contributed by atoms with E-state index >= 15 is 0 Å². The van der Waals surface area contributed by atoms with E-state index in [1.807, 2.05) is 19.1 Å². The van der Waals surface area contributed by atoms with Crippen molar-refractivity contribution < 1.29 is 9.84 Å². The van der Waals surface area contributed by atoms with Crippen LogP contribution in [-0.4, -0.2) is 25.8 Å². The summed E-state index contributed by atoms with van der Waals surface area (Å²) in [4.78, 5) is 2.07. The van der Waals surface area contributed by atoms with E-state index in [-0.39, 0.29) is 16.2 Å². The van der Waals surface area contributed by atoms with E-state index < -0.39 is 0 Å². The summed E-state index contributed by atoms with van der Waals surface area (Å²) in [6, 6.07) is 21.0. The van der Waals surface area contributed by atoms with Gasteiger partial charge >= 0.3 is 0 Å². The fourth-order valence-corrected chi connectivity index (χ4v) is 5.86. The van der Waals surface area contributed by atoms with Crippen molar-refractivity contribution in [3.63, 3.8) is 0 Å². The molecule has 0 saturated carbocycles. The summed E-state index contributed by atoms with van der Waals surface area (Å²) in [7, 11) is 0. The molecule has 0 spiro atoms. The van der Waals surface area contributed by atoms with Crippen LogP contribution in [0.15, 0.2) is 60.7 Å². The van der Waals surface area contributed by atoms with Crippen LogP contribution in [-0.2, 0) is 10.8 Å². The van der Waals surface area contributed by atoms with Gasteiger partial charge in [-0.1, -0.05) is 84.9 Å². The average Bonchev–Trinajstić information content (AvgIpc) is 3.45. The second kappa shape index (κ2) is 8.09.